The van der Waals surface area contributed by atoms with E-state index in [1.807, 2.05) is 20.8 Å². The van der Waals surface area contributed by atoms with E-state index in [2.05, 4.69) is 5.32 Å². The van der Waals surface area contributed by atoms with Crippen LogP contribution in [0.4, 0.5) is 10.5 Å². The van der Waals surface area contributed by atoms with Crippen molar-refractivity contribution in [3.63, 3.8) is 0 Å². The van der Waals surface area contributed by atoms with Crippen LogP contribution in [0.1, 0.15) is 75.1 Å². The number of carbonyl (C=O) groups is 3. The molecule has 0 aliphatic rings. The van der Waals surface area contributed by atoms with Crippen molar-refractivity contribution in [1.82, 2.24) is 14.5 Å². The van der Waals surface area contributed by atoms with Crippen molar-refractivity contribution in [1.29, 1.82) is 0 Å². The summed E-state index contributed by atoms with van der Waals surface area (Å²) in [5.74, 6) is -0.0899. The maximum absolute atomic E-state index is 13.4. The van der Waals surface area contributed by atoms with Gasteiger partial charge in [-0.25, -0.2) is 13.2 Å². The Morgan fingerprint density at radius 1 is 0.955 bits per heavy atom. The lowest BCUT2D eigenvalue weighted by Crippen LogP contribution is -2.37. The predicted octanol–water partition coefficient (Wildman–Crippen LogP) is 5.02. The first-order valence-corrected chi connectivity index (χ1v) is 16.2. The van der Waals surface area contributed by atoms with Gasteiger partial charge in [-0.3, -0.25) is 14.5 Å². The Morgan fingerprint density at radius 3 is 2.11 bits per heavy atom. The third-order valence-corrected chi connectivity index (χ3v) is 8.40. The number of ether oxygens (including phenoxy) is 2. The predicted molar refractivity (Wildman–Crippen MR) is 172 cm³/mol. The maximum Gasteiger partial charge on any atom is 0.414 e. The van der Waals surface area contributed by atoms with Gasteiger partial charge in [-0.15, -0.1) is 0 Å². The van der Waals surface area contributed by atoms with E-state index in [0.717, 1.165) is 6.42 Å². The van der Waals surface area contributed by atoms with Crippen LogP contribution in [0.5, 0.6) is 5.75 Å². The summed E-state index contributed by atoms with van der Waals surface area (Å²) in [5, 5.41) is 2.83. The van der Waals surface area contributed by atoms with Crippen LogP contribution in [0.25, 0.3) is 0 Å². The average Bonchev–Trinajstić information content (AvgIpc) is 2.96. The van der Waals surface area contributed by atoms with Crippen LogP contribution in [-0.2, 0) is 14.8 Å². The zero-order chi connectivity index (χ0) is 33.2. The van der Waals surface area contributed by atoms with Gasteiger partial charge in [0.25, 0.3) is 11.8 Å². The van der Waals surface area contributed by atoms with Gasteiger partial charge in [0, 0.05) is 57.1 Å². The molecular weight excluding hydrogens is 584 g/mol. The molecule has 0 unspecified atom stereocenters. The monoisotopic (exact) mass is 632 g/mol. The average molecular weight is 633 g/mol. The van der Waals surface area contributed by atoms with E-state index in [9.17, 15) is 22.8 Å². The minimum absolute atomic E-state index is 0.0871. The summed E-state index contributed by atoms with van der Waals surface area (Å²) >= 11 is 0. The number of carbonyl (C=O) groups excluding carboxylic acids is 3. The number of methoxy groups -OCH3 is 1. The van der Waals surface area contributed by atoms with Gasteiger partial charge in [-0.05, 0) is 82.0 Å². The Bertz CT molecular complexity index is 1390. The van der Waals surface area contributed by atoms with Gasteiger partial charge in [-0.2, -0.15) is 4.31 Å². The molecule has 0 aliphatic carbocycles. The number of rotatable bonds is 14. The van der Waals surface area contributed by atoms with Crippen molar-refractivity contribution in [2.75, 3.05) is 52.3 Å². The first-order valence-electron chi connectivity index (χ1n) is 14.8. The van der Waals surface area contributed by atoms with Gasteiger partial charge >= 0.3 is 6.09 Å². The molecule has 3 amide bonds. The second kappa shape index (κ2) is 15.9. The first kappa shape index (κ1) is 36.6. The van der Waals surface area contributed by atoms with E-state index in [0.29, 0.717) is 30.9 Å². The minimum Gasteiger partial charge on any atom is -0.497 e. The summed E-state index contributed by atoms with van der Waals surface area (Å²) in [6, 6.07) is 10.8. The van der Waals surface area contributed by atoms with Gasteiger partial charge < -0.3 is 19.7 Å². The Kier molecular flexibility index (Phi) is 13.2. The Labute approximate surface area is 262 Å². The van der Waals surface area contributed by atoms with Gasteiger partial charge in [-0.1, -0.05) is 20.8 Å². The third-order valence-electron chi connectivity index (χ3n) is 6.52. The lowest BCUT2D eigenvalue weighted by atomic mass is 10.1. The molecular formula is C32H48N4O7S. The molecule has 0 radical (unpaired) electrons. The number of nitrogens with zero attached hydrogens (tertiary/aromatic N) is 3. The van der Waals surface area contributed by atoms with Crippen molar-refractivity contribution in [2.24, 2.45) is 5.92 Å². The largest absolute Gasteiger partial charge is 0.497 e. The number of amides is 3. The molecule has 244 valence electrons. The first-order chi connectivity index (χ1) is 20.5. The van der Waals surface area contributed by atoms with Gasteiger partial charge in [0.2, 0.25) is 10.0 Å². The van der Waals surface area contributed by atoms with Crippen LogP contribution < -0.4 is 15.0 Å². The van der Waals surface area contributed by atoms with Crippen LogP contribution in [0.2, 0.25) is 0 Å². The fourth-order valence-electron chi connectivity index (χ4n) is 4.33. The van der Waals surface area contributed by atoms with E-state index < -0.39 is 27.6 Å². The van der Waals surface area contributed by atoms with Crippen molar-refractivity contribution in [3.05, 3.63) is 53.6 Å². The zero-order valence-electron chi connectivity index (χ0n) is 27.5. The van der Waals surface area contributed by atoms with Crippen molar-refractivity contribution >= 4 is 33.6 Å². The van der Waals surface area contributed by atoms with Crippen LogP contribution >= 0.6 is 0 Å². The molecule has 0 atom stereocenters. The Hall–Kier alpha value is -3.64. The van der Waals surface area contributed by atoms with Crippen LogP contribution in [0.15, 0.2) is 47.4 Å². The summed E-state index contributed by atoms with van der Waals surface area (Å²) in [6.45, 7) is 12.3. The molecule has 44 heavy (non-hydrogen) atoms. The zero-order valence-corrected chi connectivity index (χ0v) is 28.3. The Balaban J connectivity index is 2.24. The standard InChI is InChI=1S/C32H48N4O7S/c1-10-17-34(7)30(38)25-19-24(20-26(21-25)35(8)31(39)43-32(4,5)6)29(37)33-16-11-18-36(22-23(2)3)44(40,41)28-14-12-27(42-9)13-15-28/h12-15,19-21,23H,10-11,16-18,22H2,1-9H3,(H,33,37). The molecule has 0 spiro atoms. The lowest BCUT2D eigenvalue weighted by Gasteiger charge is -2.25. The number of benzene rings is 2. The maximum atomic E-state index is 13.4. The SMILES string of the molecule is CCCN(C)C(=O)c1cc(C(=O)NCCCN(CC(C)C)S(=O)(=O)c2ccc(OC)cc2)cc(N(C)C(=O)OC(C)(C)C)c1. The molecule has 11 nitrogen and oxygen atoms in total. The minimum atomic E-state index is -3.76. The second-order valence-electron chi connectivity index (χ2n) is 12.1. The fourth-order valence-corrected chi connectivity index (χ4v) is 5.97. The molecule has 2 aromatic rings. The molecule has 0 bridgehead atoms. The highest BCUT2D eigenvalue weighted by Gasteiger charge is 2.26. The van der Waals surface area contributed by atoms with Gasteiger partial charge in [0.05, 0.1) is 12.0 Å². The van der Waals surface area contributed by atoms with Crippen molar-refractivity contribution in [3.8, 4) is 5.75 Å². The summed E-state index contributed by atoms with van der Waals surface area (Å²) < 4.78 is 38.8. The molecule has 0 saturated heterocycles. The fraction of sp³-hybridized carbons (Fsp3) is 0.531. The second-order valence-corrected chi connectivity index (χ2v) is 14.0. The lowest BCUT2D eigenvalue weighted by molar-refractivity contribution is 0.0588. The summed E-state index contributed by atoms with van der Waals surface area (Å²) in [5.41, 5.74) is 0.0440. The molecule has 0 saturated carbocycles. The number of sulfonamides is 1. The molecule has 12 heteroatoms. The highest BCUT2D eigenvalue weighted by Crippen LogP contribution is 2.23. The topological polar surface area (TPSA) is 126 Å². The normalized spacial score (nSPS) is 11.8. The highest BCUT2D eigenvalue weighted by molar-refractivity contribution is 7.89. The van der Waals surface area contributed by atoms with Crippen LogP contribution in [0.3, 0.4) is 0 Å². The van der Waals surface area contributed by atoms with Gasteiger partial charge in [0.15, 0.2) is 0 Å². The number of hydrogen-bond acceptors (Lipinski definition) is 7. The smallest absolute Gasteiger partial charge is 0.414 e. The Morgan fingerprint density at radius 2 is 1.57 bits per heavy atom. The third kappa shape index (κ3) is 10.5. The highest BCUT2D eigenvalue weighted by atomic mass is 32.2. The van der Waals surface area contributed by atoms with Crippen molar-refractivity contribution < 1.29 is 32.3 Å². The van der Waals surface area contributed by atoms with Crippen LogP contribution in [0, 0.1) is 5.92 Å². The molecule has 0 aliphatic heterocycles. The molecule has 0 aromatic heterocycles. The van der Waals surface area contributed by atoms with E-state index in [4.69, 9.17) is 9.47 Å². The quantitative estimate of drug-likeness (QED) is 0.290. The molecule has 0 heterocycles. The summed E-state index contributed by atoms with van der Waals surface area (Å²) in [4.78, 5) is 42.2. The van der Waals surface area contributed by atoms with E-state index >= 15 is 0 Å². The molecule has 2 aromatic carbocycles. The summed E-state index contributed by atoms with van der Waals surface area (Å²) in [6.07, 6.45) is 0.490. The van der Waals surface area contributed by atoms with Crippen LogP contribution in [-0.4, -0.2) is 88.5 Å². The van der Waals surface area contributed by atoms with E-state index in [1.54, 1.807) is 50.9 Å². The number of nitrogens with one attached hydrogen (secondary N) is 1. The summed E-state index contributed by atoms with van der Waals surface area (Å²) in [7, 11) is 0.946. The molecule has 1 N–H and O–H groups in total. The number of hydrogen-bond donors (Lipinski definition) is 1. The molecule has 2 rings (SSSR count). The molecule has 0 fully saturated rings. The van der Waals surface area contributed by atoms with E-state index in [1.165, 1.54) is 47.6 Å². The van der Waals surface area contributed by atoms with E-state index in [-0.39, 0.29) is 40.9 Å². The van der Waals surface area contributed by atoms with Crippen molar-refractivity contribution in [2.45, 2.75) is 64.9 Å². The van der Waals surface area contributed by atoms with Gasteiger partial charge in [0.1, 0.15) is 11.4 Å². The number of anilines is 1.